The summed E-state index contributed by atoms with van der Waals surface area (Å²) in [6.07, 6.45) is 0.298. The van der Waals surface area contributed by atoms with Crippen molar-refractivity contribution in [3.05, 3.63) is 69.7 Å². The number of hydrogen-bond acceptors (Lipinski definition) is 2. The van der Waals surface area contributed by atoms with Gasteiger partial charge >= 0.3 is 0 Å². The minimum atomic E-state index is -0.200. The number of rotatable bonds is 2. The average molecular weight is 358 g/mol. The second-order valence-electron chi connectivity index (χ2n) is 5.70. The number of H-pyrrole nitrogens is 1. The van der Waals surface area contributed by atoms with E-state index in [-0.39, 0.29) is 11.8 Å². The summed E-state index contributed by atoms with van der Waals surface area (Å²) in [4.78, 5) is 12.1. The lowest BCUT2D eigenvalue weighted by atomic mass is 9.84. The van der Waals surface area contributed by atoms with Gasteiger partial charge in [-0.1, -0.05) is 53.5 Å². The first kappa shape index (κ1) is 15.2. The molecule has 1 aliphatic heterocycles. The Morgan fingerprint density at radius 3 is 2.67 bits per heavy atom. The third-order valence-electron chi connectivity index (χ3n) is 4.20. The van der Waals surface area contributed by atoms with Crippen molar-refractivity contribution in [1.82, 2.24) is 10.2 Å². The summed E-state index contributed by atoms with van der Waals surface area (Å²) >= 11 is 12.5. The predicted molar refractivity (Wildman–Crippen MR) is 95.6 cm³/mol. The van der Waals surface area contributed by atoms with Gasteiger partial charge in [0.25, 0.3) is 0 Å². The number of halogens is 2. The molecule has 0 unspecified atom stereocenters. The van der Waals surface area contributed by atoms with Crippen LogP contribution >= 0.6 is 23.2 Å². The van der Waals surface area contributed by atoms with Gasteiger partial charge in [0, 0.05) is 27.9 Å². The van der Waals surface area contributed by atoms with Crippen LogP contribution in [0, 0.1) is 0 Å². The smallest absolute Gasteiger partial charge is 0.226 e. The number of nitrogens with one attached hydrogen (secondary N) is 2. The lowest BCUT2D eigenvalue weighted by Crippen LogP contribution is -2.23. The molecule has 24 heavy (non-hydrogen) atoms. The summed E-state index contributed by atoms with van der Waals surface area (Å²) in [5.74, 6) is 0.259. The predicted octanol–water partition coefficient (Wildman–Crippen LogP) is 4.86. The molecule has 0 aliphatic carbocycles. The molecule has 0 fully saturated rings. The fourth-order valence-electron chi connectivity index (χ4n) is 3.13. The Bertz CT molecular complexity index is 921. The molecule has 1 atom stereocenters. The van der Waals surface area contributed by atoms with Gasteiger partial charge in [0.2, 0.25) is 5.91 Å². The number of anilines is 1. The Hall–Kier alpha value is -2.30. The normalized spacial score (nSPS) is 16.6. The molecule has 2 N–H and O–H groups in total. The van der Waals surface area contributed by atoms with E-state index in [0.717, 1.165) is 22.4 Å². The summed E-state index contributed by atoms with van der Waals surface area (Å²) in [6, 6.07) is 15.2. The van der Waals surface area contributed by atoms with Gasteiger partial charge in [-0.25, -0.2) is 0 Å². The van der Waals surface area contributed by atoms with Gasteiger partial charge in [-0.3, -0.25) is 9.89 Å². The molecular formula is C18H13Cl2N3O. The zero-order chi connectivity index (χ0) is 16.7. The Kier molecular flexibility index (Phi) is 3.79. The van der Waals surface area contributed by atoms with Crippen LogP contribution in [0.25, 0.3) is 11.3 Å². The number of carbonyl (C=O) groups is 1. The molecule has 0 saturated heterocycles. The van der Waals surface area contributed by atoms with Crippen LogP contribution in [0.5, 0.6) is 0 Å². The molecule has 1 aromatic heterocycles. The number of hydrogen-bond donors (Lipinski definition) is 2. The van der Waals surface area contributed by atoms with Crippen molar-refractivity contribution in [3.63, 3.8) is 0 Å². The highest BCUT2D eigenvalue weighted by Crippen LogP contribution is 2.44. The Morgan fingerprint density at radius 1 is 1.08 bits per heavy atom. The van der Waals surface area contributed by atoms with E-state index in [0.29, 0.717) is 22.3 Å². The van der Waals surface area contributed by atoms with E-state index in [2.05, 4.69) is 15.5 Å². The largest absolute Gasteiger partial charge is 0.309 e. The fourth-order valence-corrected chi connectivity index (χ4v) is 3.56. The monoisotopic (exact) mass is 357 g/mol. The van der Waals surface area contributed by atoms with E-state index in [1.807, 2.05) is 36.4 Å². The van der Waals surface area contributed by atoms with Crippen molar-refractivity contribution < 1.29 is 4.79 Å². The lowest BCUT2D eigenvalue weighted by Gasteiger charge is -2.24. The molecule has 6 heteroatoms. The molecule has 1 aliphatic rings. The summed E-state index contributed by atoms with van der Waals surface area (Å²) < 4.78 is 0. The maximum Gasteiger partial charge on any atom is 0.226 e. The molecule has 4 nitrogen and oxygen atoms in total. The average Bonchev–Trinajstić information content (AvgIpc) is 3.01. The number of amides is 1. The minimum Gasteiger partial charge on any atom is -0.309 e. The van der Waals surface area contributed by atoms with Crippen LogP contribution in [0.4, 0.5) is 5.82 Å². The highest BCUT2D eigenvalue weighted by Gasteiger charge is 2.33. The lowest BCUT2D eigenvalue weighted by molar-refractivity contribution is -0.116. The highest BCUT2D eigenvalue weighted by molar-refractivity contribution is 6.33. The number of aromatic amines is 1. The van der Waals surface area contributed by atoms with E-state index in [9.17, 15) is 4.79 Å². The third-order valence-corrected chi connectivity index (χ3v) is 4.77. The Labute approximate surface area is 148 Å². The van der Waals surface area contributed by atoms with Crippen LogP contribution in [0.15, 0.2) is 48.5 Å². The van der Waals surface area contributed by atoms with Gasteiger partial charge in [-0.15, -0.1) is 0 Å². The van der Waals surface area contributed by atoms with Crippen LogP contribution in [0.1, 0.15) is 23.5 Å². The summed E-state index contributed by atoms with van der Waals surface area (Å²) in [6.45, 7) is 0. The number of aromatic nitrogens is 2. The number of carbonyl (C=O) groups excluding carboxylic acids is 1. The van der Waals surface area contributed by atoms with E-state index in [1.165, 1.54) is 0 Å². The van der Waals surface area contributed by atoms with Crippen molar-refractivity contribution in [2.45, 2.75) is 12.3 Å². The second kappa shape index (κ2) is 5.96. The maximum absolute atomic E-state index is 12.1. The van der Waals surface area contributed by atoms with Gasteiger partial charge < -0.3 is 5.32 Å². The van der Waals surface area contributed by atoms with Gasteiger partial charge in [-0.2, -0.15) is 5.10 Å². The van der Waals surface area contributed by atoms with Crippen LogP contribution in [0.2, 0.25) is 10.0 Å². The minimum absolute atomic E-state index is 0.0883. The SMILES string of the molecule is O=C1C[C@H](c2cc(Cl)ccc2Cl)c2c(n[nH]c2-c2ccccc2)N1. The zero-order valence-corrected chi connectivity index (χ0v) is 14.0. The van der Waals surface area contributed by atoms with Gasteiger partial charge in [0.1, 0.15) is 0 Å². The molecule has 2 heterocycles. The zero-order valence-electron chi connectivity index (χ0n) is 12.5. The van der Waals surface area contributed by atoms with Gasteiger partial charge in [0.05, 0.1) is 5.69 Å². The number of fused-ring (bicyclic) bond motifs is 1. The molecule has 0 radical (unpaired) electrons. The topological polar surface area (TPSA) is 57.8 Å². The molecule has 3 aromatic rings. The van der Waals surface area contributed by atoms with Gasteiger partial charge in [-0.05, 0) is 29.3 Å². The highest BCUT2D eigenvalue weighted by atomic mass is 35.5. The van der Waals surface area contributed by atoms with Crippen LogP contribution in [0.3, 0.4) is 0 Å². The van der Waals surface area contributed by atoms with Crippen LogP contribution in [-0.2, 0) is 4.79 Å². The van der Waals surface area contributed by atoms with Crippen LogP contribution < -0.4 is 5.32 Å². The van der Waals surface area contributed by atoms with E-state index in [1.54, 1.807) is 12.1 Å². The first-order chi connectivity index (χ1) is 11.6. The van der Waals surface area contributed by atoms with Crippen LogP contribution in [-0.4, -0.2) is 16.1 Å². The number of nitrogens with zero attached hydrogens (tertiary/aromatic N) is 1. The van der Waals surface area contributed by atoms with E-state index in [4.69, 9.17) is 23.2 Å². The quantitative estimate of drug-likeness (QED) is 0.688. The van der Waals surface area contributed by atoms with E-state index < -0.39 is 0 Å². The van der Waals surface area contributed by atoms with Crippen molar-refractivity contribution in [1.29, 1.82) is 0 Å². The molecule has 0 bridgehead atoms. The van der Waals surface area contributed by atoms with Crippen molar-refractivity contribution >= 4 is 34.9 Å². The Balaban J connectivity index is 1.91. The standard InChI is InChI=1S/C18H13Cl2N3O/c19-11-6-7-14(20)12(8-11)13-9-15(24)21-18-16(13)17(22-23-18)10-4-2-1-3-5-10/h1-8,13H,9H2,(H2,21,22,23,24)/t13-/m1/s1. The fraction of sp³-hybridized carbons (Fsp3) is 0.111. The van der Waals surface area contributed by atoms with E-state index >= 15 is 0 Å². The Morgan fingerprint density at radius 2 is 1.88 bits per heavy atom. The van der Waals surface area contributed by atoms with Crippen molar-refractivity contribution in [2.75, 3.05) is 5.32 Å². The summed E-state index contributed by atoms with van der Waals surface area (Å²) in [5, 5.41) is 11.3. The first-order valence-corrected chi connectivity index (χ1v) is 8.27. The molecule has 120 valence electrons. The van der Waals surface area contributed by atoms with Crippen molar-refractivity contribution in [3.8, 4) is 11.3 Å². The van der Waals surface area contributed by atoms with Gasteiger partial charge in [0.15, 0.2) is 5.82 Å². The third kappa shape index (κ3) is 2.58. The first-order valence-electron chi connectivity index (χ1n) is 7.52. The molecule has 0 spiro atoms. The summed E-state index contributed by atoms with van der Waals surface area (Å²) in [7, 11) is 0. The molecule has 0 saturated carbocycles. The molecule has 1 amide bonds. The second-order valence-corrected chi connectivity index (χ2v) is 6.54. The molecular weight excluding hydrogens is 345 g/mol. The number of benzene rings is 2. The van der Waals surface area contributed by atoms with Crippen molar-refractivity contribution in [2.24, 2.45) is 0 Å². The molecule has 4 rings (SSSR count). The summed E-state index contributed by atoms with van der Waals surface area (Å²) in [5.41, 5.74) is 3.65. The molecule has 2 aromatic carbocycles. The maximum atomic E-state index is 12.1.